The molecule has 6 nitrogen and oxygen atoms in total. The van der Waals surface area contributed by atoms with Gasteiger partial charge in [-0.3, -0.25) is 4.79 Å². The Hall–Kier alpha value is -1.86. The summed E-state index contributed by atoms with van der Waals surface area (Å²) in [5.74, 6) is 0.776. The highest BCUT2D eigenvalue weighted by Gasteiger charge is 2.16. The van der Waals surface area contributed by atoms with Crippen LogP contribution >= 0.6 is 11.8 Å². The molecule has 0 aliphatic carbocycles. The van der Waals surface area contributed by atoms with Crippen molar-refractivity contribution in [2.45, 2.75) is 32.5 Å². The predicted octanol–water partition coefficient (Wildman–Crippen LogP) is 2.41. The smallest absolute Gasteiger partial charge is 0.190 e. The average molecular weight is 334 g/mol. The highest BCUT2D eigenvalue weighted by atomic mass is 32.2. The van der Waals surface area contributed by atoms with Crippen molar-refractivity contribution < 1.29 is 9.53 Å². The maximum absolute atomic E-state index is 12.5. The van der Waals surface area contributed by atoms with Crippen LogP contribution < -0.4 is 5.73 Å². The zero-order valence-electron chi connectivity index (χ0n) is 13.9. The Morgan fingerprint density at radius 2 is 2.04 bits per heavy atom. The van der Waals surface area contributed by atoms with Gasteiger partial charge in [0.15, 0.2) is 10.9 Å². The summed E-state index contributed by atoms with van der Waals surface area (Å²) in [5.41, 5.74) is 9.27. The molecule has 0 atom stereocenters. The zero-order valence-corrected chi connectivity index (χ0v) is 14.7. The number of aryl methyl sites for hydroxylation is 2. The van der Waals surface area contributed by atoms with Crippen molar-refractivity contribution in [2.24, 2.45) is 0 Å². The van der Waals surface area contributed by atoms with Crippen LogP contribution in [-0.2, 0) is 11.3 Å². The first kappa shape index (κ1) is 17.5. The first-order valence-electron chi connectivity index (χ1n) is 7.35. The van der Waals surface area contributed by atoms with Gasteiger partial charge in [-0.05, 0) is 26.8 Å². The molecule has 0 aliphatic rings. The molecule has 2 heterocycles. The zero-order chi connectivity index (χ0) is 17.0. The minimum absolute atomic E-state index is 0.0652. The van der Waals surface area contributed by atoms with Gasteiger partial charge in [0.1, 0.15) is 5.82 Å². The molecule has 0 aromatic carbocycles. The van der Waals surface area contributed by atoms with Crippen molar-refractivity contribution in [3.05, 3.63) is 34.8 Å². The summed E-state index contributed by atoms with van der Waals surface area (Å²) in [6.45, 7) is 7.17. The summed E-state index contributed by atoms with van der Waals surface area (Å²) in [4.78, 5) is 20.9. The lowest BCUT2D eigenvalue weighted by molar-refractivity contribution is 0.102. The summed E-state index contributed by atoms with van der Waals surface area (Å²) >= 11 is 1.31. The van der Waals surface area contributed by atoms with Gasteiger partial charge in [0.2, 0.25) is 0 Å². The average Bonchev–Trinajstić information content (AvgIpc) is 2.77. The second-order valence-electron chi connectivity index (χ2n) is 5.36. The number of ketones is 1. The molecule has 124 valence electrons. The van der Waals surface area contributed by atoms with E-state index in [9.17, 15) is 4.79 Å². The van der Waals surface area contributed by atoms with Crippen LogP contribution in [0.3, 0.4) is 0 Å². The molecule has 0 bridgehead atoms. The molecule has 0 fully saturated rings. The number of methoxy groups -OCH3 is 1. The Morgan fingerprint density at radius 3 is 2.70 bits per heavy atom. The minimum atomic E-state index is 0.0652. The number of anilines is 1. The van der Waals surface area contributed by atoms with Crippen LogP contribution in [0.2, 0.25) is 0 Å². The Morgan fingerprint density at radius 1 is 1.30 bits per heavy atom. The predicted molar refractivity (Wildman–Crippen MR) is 92.0 cm³/mol. The molecule has 0 saturated carbocycles. The molecule has 0 unspecified atom stereocenters. The third kappa shape index (κ3) is 4.33. The SMILES string of the molecule is COCCn1c(C)cc(C(=O)CSc2nc(C)cc(N)n2)c1C. The van der Waals surface area contributed by atoms with Gasteiger partial charge in [-0.25, -0.2) is 9.97 Å². The normalized spacial score (nSPS) is 11.0. The fourth-order valence-electron chi connectivity index (χ4n) is 2.45. The van der Waals surface area contributed by atoms with E-state index in [2.05, 4.69) is 14.5 Å². The molecule has 0 saturated heterocycles. The Balaban J connectivity index is 2.09. The van der Waals surface area contributed by atoms with Crippen molar-refractivity contribution >= 4 is 23.4 Å². The van der Waals surface area contributed by atoms with Crippen LogP contribution in [0.5, 0.6) is 0 Å². The van der Waals surface area contributed by atoms with E-state index in [4.69, 9.17) is 10.5 Å². The van der Waals surface area contributed by atoms with Crippen LogP contribution in [0, 0.1) is 20.8 Å². The molecule has 0 aliphatic heterocycles. The van der Waals surface area contributed by atoms with Crippen molar-refractivity contribution in [3.8, 4) is 0 Å². The largest absolute Gasteiger partial charge is 0.384 e. The quantitative estimate of drug-likeness (QED) is 0.475. The molecule has 0 radical (unpaired) electrons. The summed E-state index contributed by atoms with van der Waals surface area (Å²) in [5, 5.41) is 0.532. The molecule has 7 heteroatoms. The van der Waals surface area contributed by atoms with Crippen LogP contribution in [0.4, 0.5) is 5.82 Å². The van der Waals surface area contributed by atoms with Crippen molar-refractivity contribution in [3.63, 3.8) is 0 Å². The van der Waals surface area contributed by atoms with Gasteiger partial charge in [-0.15, -0.1) is 0 Å². The van der Waals surface area contributed by atoms with E-state index in [1.807, 2.05) is 26.8 Å². The number of rotatable bonds is 7. The molecule has 0 spiro atoms. The molecular weight excluding hydrogens is 312 g/mol. The van der Waals surface area contributed by atoms with E-state index < -0.39 is 0 Å². The number of nitrogen functional groups attached to an aromatic ring is 1. The van der Waals surface area contributed by atoms with Gasteiger partial charge in [-0.2, -0.15) is 0 Å². The van der Waals surface area contributed by atoms with Crippen LogP contribution in [0.25, 0.3) is 0 Å². The Labute approximate surface area is 140 Å². The first-order chi connectivity index (χ1) is 10.9. The molecule has 2 aromatic heterocycles. The van der Waals surface area contributed by atoms with Crippen molar-refractivity contribution in [2.75, 3.05) is 25.2 Å². The number of aromatic nitrogens is 3. The molecule has 2 aromatic rings. The van der Waals surface area contributed by atoms with Gasteiger partial charge in [-0.1, -0.05) is 11.8 Å². The second-order valence-corrected chi connectivity index (χ2v) is 6.30. The van der Waals surface area contributed by atoms with Gasteiger partial charge in [0.25, 0.3) is 0 Å². The second kappa shape index (κ2) is 7.61. The molecular formula is C16H22N4O2S. The van der Waals surface area contributed by atoms with Crippen LogP contribution in [-0.4, -0.2) is 39.8 Å². The summed E-state index contributed by atoms with van der Waals surface area (Å²) < 4.78 is 7.21. The van der Waals surface area contributed by atoms with E-state index in [1.54, 1.807) is 13.2 Å². The van der Waals surface area contributed by atoms with E-state index in [1.165, 1.54) is 11.8 Å². The molecule has 2 rings (SSSR count). The topological polar surface area (TPSA) is 83.0 Å². The van der Waals surface area contributed by atoms with E-state index >= 15 is 0 Å². The lowest BCUT2D eigenvalue weighted by Crippen LogP contribution is -2.10. The van der Waals surface area contributed by atoms with Crippen LogP contribution in [0.1, 0.15) is 27.4 Å². The molecule has 23 heavy (non-hydrogen) atoms. The fourth-order valence-corrected chi connectivity index (χ4v) is 3.24. The monoisotopic (exact) mass is 334 g/mol. The number of ether oxygens (including phenoxy) is 1. The standard InChI is InChI=1S/C16H22N4O2S/c1-10-7-15(17)19-16(18-10)23-9-14(21)13-8-11(2)20(12(13)3)5-6-22-4/h7-8H,5-6,9H2,1-4H3,(H2,17,18,19). The summed E-state index contributed by atoms with van der Waals surface area (Å²) in [6, 6.07) is 3.63. The van der Waals surface area contributed by atoms with Gasteiger partial charge >= 0.3 is 0 Å². The van der Waals surface area contributed by atoms with E-state index in [-0.39, 0.29) is 11.5 Å². The lowest BCUT2D eigenvalue weighted by atomic mass is 10.2. The number of thioether (sulfide) groups is 1. The first-order valence-corrected chi connectivity index (χ1v) is 8.33. The third-order valence-electron chi connectivity index (χ3n) is 3.58. The highest BCUT2D eigenvalue weighted by Crippen LogP contribution is 2.20. The van der Waals surface area contributed by atoms with E-state index in [0.29, 0.717) is 17.6 Å². The van der Waals surface area contributed by atoms with Crippen molar-refractivity contribution in [1.82, 2.24) is 14.5 Å². The third-order valence-corrected chi connectivity index (χ3v) is 4.43. The molecule has 2 N–H and O–H groups in total. The highest BCUT2D eigenvalue weighted by molar-refractivity contribution is 7.99. The fraction of sp³-hybridized carbons (Fsp3) is 0.438. The Bertz CT molecular complexity index is 692. The number of hydrogen-bond donors (Lipinski definition) is 1. The number of carbonyl (C=O) groups excluding carboxylic acids is 1. The van der Waals surface area contributed by atoms with Gasteiger partial charge in [0.05, 0.1) is 12.4 Å². The minimum Gasteiger partial charge on any atom is -0.384 e. The number of Topliss-reactive ketones (excluding diaryl/α,β-unsaturated/α-hetero) is 1. The number of nitrogens with two attached hydrogens (primary N) is 1. The number of nitrogens with zero attached hydrogens (tertiary/aromatic N) is 3. The Kier molecular flexibility index (Phi) is 5.79. The number of carbonyl (C=O) groups is 1. The molecule has 0 amide bonds. The summed E-state index contributed by atoms with van der Waals surface area (Å²) in [7, 11) is 1.67. The maximum Gasteiger partial charge on any atom is 0.190 e. The lowest BCUT2D eigenvalue weighted by Gasteiger charge is -2.08. The van der Waals surface area contributed by atoms with Crippen LogP contribution in [0.15, 0.2) is 17.3 Å². The number of hydrogen-bond acceptors (Lipinski definition) is 6. The summed E-state index contributed by atoms with van der Waals surface area (Å²) in [6.07, 6.45) is 0. The van der Waals surface area contributed by atoms with Crippen molar-refractivity contribution in [1.29, 1.82) is 0 Å². The van der Waals surface area contributed by atoms with Gasteiger partial charge < -0.3 is 15.0 Å². The van der Waals surface area contributed by atoms with E-state index in [0.717, 1.165) is 29.2 Å². The van der Waals surface area contributed by atoms with Gasteiger partial charge in [0, 0.05) is 42.4 Å². The maximum atomic E-state index is 12.5.